The van der Waals surface area contributed by atoms with E-state index in [-0.39, 0.29) is 6.04 Å². The molecule has 2 nitrogen and oxygen atoms in total. The molecule has 1 unspecified atom stereocenters. The Kier molecular flexibility index (Phi) is 4.11. The minimum atomic E-state index is 0.154. The van der Waals surface area contributed by atoms with E-state index in [1.807, 2.05) is 26.1 Å². The standard InChI is InChI=1S/C11H15ClN2/c1-8(2)7-10(13-3)11-9(12)5-4-6-14-11/h4-6,10,13H,1,7H2,2-3H3. The van der Waals surface area contributed by atoms with E-state index in [2.05, 4.69) is 16.9 Å². The lowest BCUT2D eigenvalue weighted by atomic mass is 10.1. The largest absolute Gasteiger partial charge is 0.311 e. The quantitative estimate of drug-likeness (QED) is 0.773. The molecule has 0 saturated carbocycles. The first-order chi connectivity index (χ1) is 6.65. The summed E-state index contributed by atoms with van der Waals surface area (Å²) in [6, 6.07) is 3.84. The second-order valence-electron chi connectivity index (χ2n) is 3.37. The molecule has 1 aromatic heterocycles. The van der Waals surface area contributed by atoms with Crippen LogP contribution in [0.3, 0.4) is 0 Å². The SMILES string of the molecule is C=C(C)CC(NC)c1ncccc1Cl. The van der Waals surface area contributed by atoms with Crippen molar-refractivity contribution in [3.63, 3.8) is 0 Å². The van der Waals surface area contributed by atoms with Crippen LogP contribution in [0.25, 0.3) is 0 Å². The predicted molar refractivity (Wildman–Crippen MR) is 60.5 cm³/mol. The Hall–Kier alpha value is -0.860. The van der Waals surface area contributed by atoms with Crippen LogP contribution in [0, 0.1) is 0 Å². The summed E-state index contributed by atoms with van der Waals surface area (Å²) < 4.78 is 0. The molecule has 1 aromatic rings. The van der Waals surface area contributed by atoms with Gasteiger partial charge in [-0.2, -0.15) is 0 Å². The van der Waals surface area contributed by atoms with Crippen LogP contribution in [0.2, 0.25) is 5.02 Å². The molecule has 0 saturated heterocycles. The molecule has 0 bridgehead atoms. The molecule has 1 atom stereocenters. The van der Waals surface area contributed by atoms with E-state index < -0.39 is 0 Å². The van der Waals surface area contributed by atoms with Gasteiger partial charge in [-0.25, -0.2) is 0 Å². The first-order valence-electron chi connectivity index (χ1n) is 4.57. The molecule has 0 spiro atoms. The Morgan fingerprint density at radius 2 is 2.43 bits per heavy atom. The molecule has 0 aromatic carbocycles. The first kappa shape index (κ1) is 11.2. The van der Waals surface area contributed by atoms with Crippen LogP contribution in [0.5, 0.6) is 0 Å². The van der Waals surface area contributed by atoms with Gasteiger partial charge >= 0.3 is 0 Å². The summed E-state index contributed by atoms with van der Waals surface area (Å²) in [5.74, 6) is 0. The average molecular weight is 211 g/mol. The Morgan fingerprint density at radius 3 is 2.93 bits per heavy atom. The third-order valence-corrected chi connectivity index (χ3v) is 2.34. The van der Waals surface area contributed by atoms with Gasteiger partial charge in [0.2, 0.25) is 0 Å². The fourth-order valence-electron chi connectivity index (χ4n) is 1.34. The van der Waals surface area contributed by atoms with Crippen molar-refractivity contribution in [1.29, 1.82) is 0 Å². The lowest BCUT2D eigenvalue weighted by Crippen LogP contribution is -2.18. The minimum absolute atomic E-state index is 0.154. The van der Waals surface area contributed by atoms with Crippen LogP contribution in [0.1, 0.15) is 25.1 Å². The van der Waals surface area contributed by atoms with E-state index in [1.54, 1.807) is 6.20 Å². The maximum atomic E-state index is 6.05. The van der Waals surface area contributed by atoms with Gasteiger partial charge in [0.25, 0.3) is 0 Å². The molecule has 14 heavy (non-hydrogen) atoms. The van der Waals surface area contributed by atoms with Crippen molar-refractivity contribution < 1.29 is 0 Å². The van der Waals surface area contributed by atoms with Crippen molar-refractivity contribution in [2.75, 3.05) is 7.05 Å². The van der Waals surface area contributed by atoms with Gasteiger partial charge in [0.15, 0.2) is 0 Å². The summed E-state index contributed by atoms with van der Waals surface area (Å²) in [5, 5.41) is 3.88. The normalized spacial score (nSPS) is 12.5. The molecule has 0 aliphatic heterocycles. The highest BCUT2D eigenvalue weighted by Crippen LogP contribution is 2.24. The van der Waals surface area contributed by atoms with Crippen molar-refractivity contribution in [2.24, 2.45) is 0 Å². The van der Waals surface area contributed by atoms with Gasteiger partial charge in [0, 0.05) is 6.20 Å². The lowest BCUT2D eigenvalue weighted by Gasteiger charge is -2.16. The maximum Gasteiger partial charge on any atom is 0.0762 e. The van der Waals surface area contributed by atoms with Gasteiger partial charge in [-0.15, -0.1) is 6.58 Å². The third-order valence-electron chi connectivity index (χ3n) is 2.02. The molecule has 0 radical (unpaired) electrons. The number of halogens is 1. The van der Waals surface area contributed by atoms with Crippen molar-refractivity contribution in [1.82, 2.24) is 10.3 Å². The van der Waals surface area contributed by atoms with Crippen LogP contribution in [0.15, 0.2) is 30.5 Å². The number of rotatable bonds is 4. The molecule has 1 rings (SSSR count). The summed E-state index contributed by atoms with van der Waals surface area (Å²) in [5.41, 5.74) is 2.01. The highest BCUT2D eigenvalue weighted by Gasteiger charge is 2.13. The summed E-state index contributed by atoms with van der Waals surface area (Å²) in [7, 11) is 1.90. The minimum Gasteiger partial charge on any atom is -0.311 e. The van der Waals surface area contributed by atoms with Crippen LogP contribution in [-0.2, 0) is 0 Å². The fraction of sp³-hybridized carbons (Fsp3) is 0.364. The van der Waals surface area contributed by atoms with Crippen LogP contribution >= 0.6 is 11.6 Å². The summed E-state index contributed by atoms with van der Waals surface area (Å²) in [6.45, 7) is 5.89. The van der Waals surface area contributed by atoms with E-state index in [4.69, 9.17) is 11.6 Å². The van der Waals surface area contributed by atoms with E-state index in [1.165, 1.54) is 0 Å². The summed E-state index contributed by atoms with van der Waals surface area (Å²) in [6.07, 6.45) is 2.61. The van der Waals surface area contributed by atoms with E-state index >= 15 is 0 Å². The molecule has 1 N–H and O–H groups in total. The van der Waals surface area contributed by atoms with Gasteiger partial charge in [-0.05, 0) is 32.5 Å². The Balaban J connectivity index is 2.89. The van der Waals surface area contributed by atoms with Crippen LogP contribution in [0.4, 0.5) is 0 Å². The van der Waals surface area contributed by atoms with E-state index in [0.717, 1.165) is 17.7 Å². The molecule has 0 aliphatic carbocycles. The van der Waals surface area contributed by atoms with Crippen molar-refractivity contribution in [2.45, 2.75) is 19.4 Å². The highest BCUT2D eigenvalue weighted by atomic mass is 35.5. The molecule has 1 heterocycles. The van der Waals surface area contributed by atoms with Gasteiger partial charge in [-0.1, -0.05) is 17.2 Å². The van der Waals surface area contributed by atoms with Gasteiger partial charge in [0.05, 0.1) is 16.8 Å². The number of pyridine rings is 1. The number of nitrogens with one attached hydrogen (secondary N) is 1. The van der Waals surface area contributed by atoms with E-state index in [0.29, 0.717) is 5.02 Å². The molecule has 0 aliphatic rings. The number of nitrogens with zero attached hydrogens (tertiary/aromatic N) is 1. The second kappa shape index (κ2) is 5.13. The maximum absolute atomic E-state index is 6.05. The molecule has 0 fully saturated rings. The lowest BCUT2D eigenvalue weighted by molar-refractivity contribution is 0.574. The molecular formula is C11H15ClN2. The monoisotopic (exact) mass is 210 g/mol. The molecule has 3 heteroatoms. The van der Waals surface area contributed by atoms with Gasteiger partial charge in [-0.3, -0.25) is 4.98 Å². The zero-order chi connectivity index (χ0) is 10.6. The fourth-order valence-corrected chi connectivity index (χ4v) is 1.59. The predicted octanol–water partition coefficient (Wildman–Crippen LogP) is 2.96. The Morgan fingerprint density at radius 1 is 1.71 bits per heavy atom. The molecule has 0 amide bonds. The topological polar surface area (TPSA) is 24.9 Å². The van der Waals surface area contributed by atoms with Gasteiger partial charge < -0.3 is 5.32 Å². The van der Waals surface area contributed by atoms with Gasteiger partial charge in [0.1, 0.15) is 0 Å². The number of hydrogen-bond donors (Lipinski definition) is 1. The summed E-state index contributed by atoms with van der Waals surface area (Å²) in [4.78, 5) is 4.27. The first-order valence-corrected chi connectivity index (χ1v) is 4.95. The zero-order valence-electron chi connectivity index (χ0n) is 8.55. The Bertz CT molecular complexity index is 323. The zero-order valence-corrected chi connectivity index (χ0v) is 9.30. The molecular weight excluding hydrogens is 196 g/mol. The summed E-state index contributed by atoms with van der Waals surface area (Å²) >= 11 is 6.05. The van der Waals surface area contributed by atoms with Crippen molar-refractivity contribution >= 4 is 11.6 Å². The smallest absolute Gasteiger partial charge is 0.0762 e. The number of aromatic nitrogens is 1. The van der Waals surface area contributed by atoms with Crippen LogP contribution < -0.4 is 5.32 Å². The van der Waals surface area contributed by atoms with Crippen LogP contribution in [-0.4, -0.2) is 12.0 Å². The number of hydrogen-bond acceptors (Lipinski definition) is 2. The van der Waals surface area contributed by atoms with E-state index in [9.17, 15) is 0 Å². The molecule has 76 valence electrons. The van der Waals surface area contributed by atoms with Crippen molar-refractivity contribution in [3.05, 3.63) is 41.2 Å². The highest BCUT2D eigenvalue weighted by molar-refractivity contribution is 6.31. The second-order valence-corrected chi connectivity index (χ2v) is 3.78. The average Bonchev–Trinajstić information content (AvgIpc) is 2.15. The van der Waals surface area contributed by atoms with Crippen molar-refractivity contribution in [3.8, 4) is 0 Å². The Labute approximate surface area is 90.0 Å². The third kappa shape index (κ3) is 2.82.